The number of hydrogen-bond donors (Lipinski definition) is 1. The van der Waals surface area contributed by atoms with Gasteiger partial charge in [-0.15, -0.1) is 13.2 Å². The second-order valence-electron chi connectivity index (χ2n) is 6.29. The van der Waals surface area contributed by atoms with Gasteiger partial charge in [0.1, 0.15) is 11.5 Å². The average Bonchev–Trinajstić information content (AvgIpc) is 3.01. The third-order valence-electron chi connectivity index (χ3n) is 4.02. The van der Waals surface area contributed by atoms with Gasteiger partial charge in [-0.1, -0.05) is 12.1 Å². The van der Waals surface area contributed by atoms with Crippen LogP contribution in [-0.2, 0) is 22.9 Å². The van der Waals surface area contributed by atoms with Crippen molar-refractivity contribution in [2.45, 2.75) is 37.1 Å². The number of halogens is 3. The van der Waals surface area contributed by atoms with E-state index in [0.29, 0.717) is 13.0 Å². The molecule has 0 aromatic heterocycles. The van der Waals surface area contributed by atoms with Gasteiger partial charge < -0.3 is 9.47 Å². The van der Waals surface area contributed by atoms with Gasteiger partial charge in [-0.2, -0.15) is 0 Å². The Morgan fingerprint density at radius 3 is 2.56 bits per heavy atom. The maximum atomic E-state index is 12.4. The molecule has 0 fully saturated rings. The molecule has 5 nitrogen and oxygen atoms in total. The molecule has 27 heavy (non-hydrogen) atoms. The normalized spacial score (nSPS) is 15.1. The first-order valence-electron chi connectivity index (χ1n) is 8.25. The van der Waals surface area contributed by atoms with Crippen LogP contribution in [-0.4, -0.2) is 27.4 Å². The van der Waals surface area contributed by atoms with Crippen LogP contribution in [0.1, 0.15) is 18.1 Å². The summed E-state index contributed by atoms with van der Waals surface area (Å²) in [6, 6.07) is 9.43. The molecule has 0 saturated heterocycles. The number of fused-ring (bicyclic) bond motifs is 1. The fourth-order valence-corrected chi connectivity index (χ4v) is 4.16. The topological polar surface area (TPSA) is 64.6 Å². The van der Waals surface area contributed by atoms with Crippen molar-refractivity contribution in [1.82, 2.24) is 4.72 Å². The first kappa shape index (κ1) is 19.5. The highest BCUT2D eigenvalue weighted by Gasteiger charge is 2.31. The number of alkyl halides is 3. The minimum atomic E-state index is -4.83. The van der Waals surface area contributed by atoms with Crippen LogP contribution in [0.2, 0.25) is 0 Å². The van der Waals surface area contributed by atoms with Crippen molar-refractivity contribution < 1.29 is 31.1 Å². The Kier molecular flexibility index (Phi) is 5.34. The van der Waals surface area contributed by atoms with Gasteiger partial charge in [-0.25, -0.2) is 13.1 Å². The van der Waals surface area contributed by atoms with E-state index in [-0.39, 0.29) is 4.90 Å². The summed E-state index contributed by atoms with van der Waals surface area (Å²) in [5, 5.41) is 0. The molecule has 9 heteroatoms. The molecule has 0 saturated carbocycles. The molecule has 2 aromatic rings. The van der Waals surface area contributed by atoms with E-state index in [1.165, 1.54) is 0 Å². The standard InChI is InChI=1S/C18H18F3NO4S/c1-12(10-13-2-7-17-14(11-13)8-9-25-17)22-27(23,24)16-5-3-15(4-6-16)26-18(19,20)21/h2-7,11-12,22H,8-10H2,1H3. The smallest absolute Gasteiger partial charge is 0.493 e. The summed E-state index contributed by atoms with van der Waals surface area (Å²) in [5.74, 6) is 0.378. The zero-order chi connectivity index (χ0) is 19.7. The van der Waals surface area contributed by atoms with Crippen LogP contribution in [0.25, 0.3) is 0 Å². The van der Waals surface area contributed by atoms with E-state index in [4.69, 9.17) is 4.74 Å². The number of hydrogen-bond acceptors (Lipinski definition) is 4. The summed E-state index contributed by atoms with van der Waals surface area (Å²) in [4.78, 5) is -0.133. The fraction of sp³-hybridized carbons (Fsp3) is 0.333. The highest BCUT2D eigenvalue weighted by Crippen LogP contribution is 2.27. The van der Waals surface area contributed by atoms with Crippen molar-refractivity contribution in [3.05, 3.63) is 53.6 Å². The summed E-state index contributed by atoms with van der Waals surface area (Å²) >= 11 is 0. The van der Waals surface area contributed by atoms with Gasteiger partial charge in [0, 0.05) is 12.5 Å². The lowest BCUT2D eigenvalue weighted by atomic mass is 10.0. The van der Waals surface area contributed by atoms with Crippen LogP contribution < -0.4 is 14.2 Å². The molecule has 1 unspecified atom stereocenters. The summed E-state index contributed by atoms with van der Waals surface area (Å²) in [5.41, 5.74) is 2.08. The second kappa shape index (κ2) is 7.40. The Labute approximate surface area is 155 Å². The van der Waals surface area contributed by atoms with Gasteiger partial charge in [0.05, 0.1) is 11.5 Å². The van der Waals surface area contributed by atoms with E-state index >= 15 is 0 Å². The molecule has 2 aromatic carbocycles. The molecule has 0 aliphatic carbocycles. The number of ether oxygens (including phenoxy) is 2. The van der Waals surface area contributed by atoms with E-state index in [2.05, 4.69) is 9.46 Å². The molecule has 0 bridgehead atoms. The van der Waals surface area contributed by atoms with Crippen LogP contribution >= 0.6 is 0 Å². The summed E-state index contributed by atoms with van der Waals surface area (Å²) in [7, 11) is -3.86. The molecule has 1 aliphatic heterocycles. The van der Waals surface area contributed by atoms with Crippen LogP contribution in [0.4, 0.5) is 13.2 Å². The Balaban J connectivity index is 1.65. The molecule has 0 spiro atoms. The molecule has 146 valence electrons. The molecule has 1 atom stereocenters. The van der Waals surface area contributed by atoms with Gasteiger partial charge in [0.15, 0.2) is 0 Å². The lowest BCUT2D eigenvalue weighted by molar-refractivity contribution is -0.274. The Bertz CT molecular complexity index is 911. The largest absolute Gasteiger partial charge is 0.573 e. The van der Waals surface area contributed by atoms with Crippen LogP contribution in [0.15, 0.2) is 47.4 Å². The SMILES string of the molecule is CC(Cc1ccc2c(c1)CCO2)NS(=O)(=O)c1ccc(OC(F)(F)F)cc1. The van der Waals surface area contributed by atoms with Crippen LogP contribution in [0.5, 0.6) is 11.5 Å². The van der Waals surface area contributed by atoms with E-state index in [0.717, 1.165) is 47.6 Å². The highest BCUT2D eigenvalue weighted by atomic mass is 32.2. The van der Waals surface area contributed by atoms with Gasteiger partial charge >= 0.3 is 6.36 Å². The Morgan fingerprint density at radius 2 is 1.89 bits per heavy atom. The third kappa shape index (κ3) is 5.14. The Morgan fingerprint density at radius 1 is 1.19 bits per heavy atom. The third-order valence-corrected chi connectivity index (χ3v) is 5.63. The summed E-state index contributed by atoms with van der Waals surface area (Å²) < 4.78 is 73.1. The van der Waals surface area contributed by atoms with E-state index < -0.39 is 28.2 Å². The van der Waals surface area contributed by atoms with E-state index in [1.807, 2.05) is 18.2 Å². The van der Waals surface area contributed by atoms with Crippen LogP contribution in [0.3, 0.4) is 0 Å². The Hall–Kier alpha value is -2.26. The molecular weight excluding hydrogens is 383 g/mol. The molecule has 3 rings (SSSR count). The van der Waals surface area contributed by atoms with E-state index in [1.54, 1.807) is 6.92 Å². The first-order chi connectivity index (χ1) is 12.6. The quantitative estimate of drug-likeness (QED) is 0.806. The monoisotopic (exact) mass is 401 g/mol. The van der Waals surface area contributed by atoms with Crippen molar-refractivity contribution in [3.8, 4) is 11.5 Å². The number of nitrogens with one attached hydrogen (secondary N) is 1. The lowest BCUT2D eigenvalue weighted by Gasteiger charge is -2.15. The highest BCUT2D eigenvalue weighted by molar-refractivity contribution is 7.89. The van der Waals surface area contributed by atoms with Gasteiger partial charge in [0.25, 0.3) is 0 Å². The minimum Gasteiger partial charge on any atom is -0.493 e. The molecule has 1 heterocycles. The van der Waals surface area contributed by atoms with Crippen molar-refractivity contribution in [1.29, 1.82) is 0 Å². The van der Waals surface area contributed by atoms with E-state index in [9.17, 15) is 21.6 Å². The zero-order valence-corrected chi connectivity index (χ0v) is 15.2. The lowest BCUT2D eigenvalue weighted by Crippen LogP contribution is -2.34. The van der Waals surface area contributed by atoms with Gasteiger partial charge in [0.2, 0.25) is 10.0 Å². The van der Waals surface area contributed by atoms with Gasteiger partial charge in [-0.3, -0.25) is 0 Å². The van der Waals surface area contributed by atoms with Gasteiger partial charge in [-0.05, 0) is 54.8 Å². The minimum absolute atomic E-state index is 0.133. The second-order valence-corrected chi connectivity index (χ2v) is 8.00. The van der Waals surface area contributed by atoms with Crippen molar-refractivity contribution in [2.75, 3.05) is 6.61 Å². The summed E-state index contributed by atoms with van der Waals surface area (Å²) in [6.07, 6.45) is -3.52. The van der Waals surface area contributed by atoms with Crippen molar-refractivity contribution >= 4 is 10.0 Å². The first-order valence-corrected chi connectivity index (χ1v) is 9.73. The number of rotatable bonds is 6. The van der Waals surface area contributed by atoms with Crippen molar-refractivity contribution in [3.63, 3.8) is 0 Å². The zero-order valence-electron chi connectivity index (χ0n) is 14.4. The fourth-order valence-electron chi connectivity index (χ4n) is 2.92. The maximum Gasteiger partial charge on any atom is 0.573 e. The molecular formula is C18H18F3NO4S. The van der Waals surface area contributed by atoms with Crippen LogP contribution in [0, 0.1) is 0 Å². The number of sulfonamides is 1. The average molecular weight is 401 g/mol. The predicted octanol–water partition coefficient (Wildman–Crippen LogP) is 3.43. The molecule has 1 aliphatic rings. The molecule has 0 amide bonds. The van der Waals surface area contributed by atoms with Crippen molar-refractivity contribution in [2.24, 2.45) is 0 Å². The molecule has 1 N–H and O–H groups in total. The molecule has 0 radical (unpaired) electrons. The maximum absolute atomic E-state index is 12.4. The number of benzene rings is 2. The predicted molar refractivity (Wildman–Crippen MR) is 92.3 cm³/mol. The summed E-state index contributed by atoms with van der Waals surface area (Å²) in [6.45, 7) is 2.37.